The smallest absolute Gasteiger partial charge is 0.263 e. The molecule has 3 heterocycles. The van der Waals surface area contributed by atoms with Gasteiger partial charge < -0.3 is 9.26 Å². The van der Waals surface area contributed by atoms with Crippen molar-refractivity contribution in [1.82, 2.24) is 19.7 Å². The first-order valence-electron chi connectivity index (χ1n) is 9.99. The van der Waals surface area contributed by atoms with Crippen molar-refractivity contribution in [3.05, 3.63) is 89.9 Å². The van der Waals surface area contributed by atoms with Crippen LogP contribution in [0.5, 0.6) is 5.75 Å². The van der Waals surface area contributed by atoms with E-state index in [1.165, 1.54) is 48.5 Å². The summed E-state index contributed by atoms with van der Waals surface area (Å²) in [6.07, 6.45) is 6.04. The lowest BCUT2D eigenvalue weighted by atomic mass is 10.1. The molecule has 0 saturated heterocycles. The molecule has 2 aromatic carbocycles. The van der Waals surface area contributed by atoms with Crippen LogP contribution in [0.2, 0.25) is 0 Å². The number of rotatable bonds is 6. The molecule has 11 heteroatoms. The molecule has 3 aromatic heterocycles. The van der Waals surface area contributed by atoms with E-state index in [0.717, 1.165) is 11.1 Å². The molecular weight excluding hydrogens is 458 g/mol. The Morgan fingerprint density at radius 3 is 2.53 bits per heavy atom. The highest BCUT2D eigenvalue weighted by atomic mass is 32.2. The van der Waals surface area contributed by atoms with Crippen molar-refractivity contribution in [3.8, 4) is 22.6 Å². The molecule has 0 aliphatic rings. The first-order valence-corrected chi connectivity index (χ1v) is 11.5. The predicted molar refractivity (Wildman–Crippen MR) is 124 cm³/mol. The largest absolute Gasteiger partial charge is 0.495 e. The van der Waals surface area contributed by atoms with Crippen LogP contribution in [0.15, 0.2) is 93.8 Å². The van der Waals surface area contributed by atoms with E-state index >= 15 is 0 Å². The molecule has 5 aromatic rings. The number of methoxy groups -OCH3 is 1. The van der Waals surface area contributed by atoms with Crippen molar-refractivity contribution in [2.24, 2.45) is 0 Å². The normalized spacial score (nSPS) is 11.4. The Labute approximate surface area is 193 Å². The summed E-state index contributed by atoms with van der Waals surface area (Å²) in [6, 6.07) is 14.2. The van der Waals surface area contributed by atoms with Crippen LogP contribution in [0.25, 0.3) is 27.7 Å². The van der Waals surface area contributed by atoms with Gasteiger partial charge in [-0.25, -0.2) is 18.4 Å². The number of nitrogens with one attached hydrogen (secondary N) is 1. The molecule has 1 N–H and O–H groups in total. The van der Waals surface area contributed by atoms with Gasteiger partial charge in [-0.05, 0) is 42.0 Å². The Morgan fingerprint density at radius 1 is 0.971 bits per heavy atom. The number of aromatic nitrogens is 4. The van der Waals surface area contributed by atoms with Crippen LogP contribution >= 0.6 is 0 Å². The SMILES string of the molecule is COc1ccc(-c2cncnc2)cc1-n1c(=O)ccc2cc(S(=O)(=O)Nc3ccon3)ccc21. The monoisotopic (exact) mass is 475 g/mol. The van der Waals surface area contributed by atoms with E-state index in [-0.39, 0.29) is 16.3 Å². The molecule has 5 rings (SSSR count). The lowest BCUT2D eigenvalue weighted by Gasteiger charge is -2.16. The summed E-state index contributed by atoms with van der Waals surface area (Å²) >= 11 is 0. The molecule has 0 saturated carbocycles. The fraction of sp³-hybridized carbons (Fsp3) is 0.0435. The average Bonchev–Trinajstić information content (AvgIpc) is 3.36. The quantitative estimate of drug-likeness (QED) is 0.396. The van der Waals surface area contributed by atoms with E-state index in [4.69, 9.17) is 4.74 Å². The minimum Gasteiger partial charge on any atom is -0.495 e. The van der Waals surface area contributed by atoms with Crippen molar-refractivity contribution in [1.29, 1.82) is 0 Å². The lowest BCUT2D eigenvalue weighted by Crippen LogP contribution is -2.19. The minimum absolute atomic E-state index is 0.00958. The number of hydrogen-bond donors (Lipinski definition) is 1. The third kappa shape index (κ3) is 3.88. The second kappa shape index (κ2) is 8.45. The molecule has 0 spiro atoms. The molecule has 0 fully saturated rings. The fourth-order valence-corrected chi connectivity index (χ4v) is 4.62. The molecule has 170 valence electrons. The first-order chi connectivity index (χ1) is 16.5. The molecule has 0 atom stereocenters. The van der Waals surface area contributed by atoms with E-state index in [0.29, 0.717) is 22.3 Å². The number of sulfonamides is 1. The second-order valence-corrected chi connectivity index (χ2v) is 8.91. The third-order valence-electron chi connectivity index (χ3n) is 5.17. The van der Waals surface area contributed by atoms with Gasteiger partial charge in [-0.15, -0.1) is 0 Å². The maximum absolute atomic E-state index is 13.0. The van der Waals surface area contributed by atoms with Gasteiger partial charge in [0.15, 0.2) is 5.82 Å². The summed E-state index contributed by atoms with van der Waals surface area (Å²) in [5.41, 5.74) is 2.26. The van der Waals surface area contributed by atoms with Gasteiger partial charge in [0.05, 0.1) is 23.2 Å². The number of fused-ring (bicyclic) bond motifs is 1. The van der Waals surface area contributed by atoms with Crippen LogP contribution in [-0.4, -0.2) is 35.2 Å². The molecule has 0 amide bonds. The Bertz CT molecular complexity index is 1650. The summed E-state index contributed by atoms with van der Waals surface area (Å²) in [6.45, 7) is 0. The summed E-state index contributed by atoms with van der Waals surface area (Å²) in [5, 5.41) is 4.11. The molecule has 10 nitrogen and oxygen atoms in total. The zero-order valence-electron chi connectivity index (χ0n) is 17.7. The van der Waals surface area contributed by atoms with Gasteiger partial charge in [-0.2, -0.15) is 0 Å². The van der Waals surface area contributed by atoms with Crippen LogP contribution in [0, 0.1) is 0 Å². The topological polar surface area (TPSA) is 129 Å². The molecule has 34 heavy (non-hydrogen) atoms. The van der Waals surface area contributed by atoms with E-state index in [9.17, 15) is 13.2 Å². The lowest BCUT2D eigenvalue weighted by molar-refractivity contribution is 0.413. The number of nitrogens with zero attached hydrogens (tertiary/aromatic N) is 4. The van der Waals surface area contributed by atoms with Crippen molar-refractivity contribution in [3.63, 3.8) is 0 Å². The first kappa shape index (κ1) is 21.3. The molecule has 0 unspecified atom stereocenters. The predicted octanol–water partition coefficient (Wildman–Crippen LogP) is 3.25. The number of ether oxygens (including phenoxy) is 1. The number of pyridine rings is 1. The minimum atomic E-state index is -3.92. The summed E-state index contributed by atoms with van der Waals surface area (Å²) in [4.78, 5) is 21.1. The van der Waals surface area contributed by atoms with Crippen molar-refractivity contribution < 1.29 is 17.7 Å². The van der Waals surface area contributed by atoms with Crippen molar-refractivity contribution in [2.75, 3.05) is 11.8 Å². The van der Waals surface area contributed by atoms with Gasteiger partial charge in [0, 0.05) is 35.5 Å². The highest BCUT2D eigenvalue weighted by Crippen LogP contribution is 2.31. The standard InChI is InChI=1S/C23H17N5O5S/c1-32-21-6-2-15(17-12-24-14-25-13-17)11-20(21)28-19-5-4-18(10-16(19)3-7-23(28)29)34(30,31)27-22-8-9-33-26-22/h2-14H,1H3,(H,26,27). The maximum Gasteiger partial charge on any atom is 0.263 e. The Balaban J connectivity index is 1.66. The molecule has 0 aliphatic carbocycles. The van der Waals surface area contributed by atoms with Crippen molar-refractivity contribution >= 4 is 26.7 Å². The van der Waals surface area contributed by atoms with E-state index in [1.54, 1.807) is 36.7 Å². The zero-order valence-corrected chi connectivity index (χ0v) is 18.6. The fourth-order valence-electron chi connectivity index (χ4n) is 3.59. The second-order valence-electron chi connectivity index (χ2n) is 7.23. The highest BCUT2D eigenvalue weighted by molar-refractivity contribution is 7.92. The van der Waals surface area contributed by atoms with Gasteiger partial charge in [-0.3, -0.25) is 14.1 Å². The van der Waals surface area contributed by atoms with Gasteiger partial charge in [-0.1, -0.05) is 11.2 Å². The Kier molecular flexibility index (Phi) is 5.30. The summed E-state index contributed by atoms with van der Waals surface area (Å²) in [7, 11) is -2.40. The van der Waals surface area contributed by atoms with Crippen molar-refractivity contribution in [2.45, 2.75) is 4.90 Å². The Morgan fingerprint density at radius 2 is 1.79 bits per heavy atom. The van der Waals surface area contributed by atoms with Crippen LogP contribution in [0.4, 0.5) is 5.82 Å². The Hall–Kier alpha value is -4.51. The summed E-state index contributed by atoms with van der Waals surface area (Å²) in [5.74, 6) is 0.538. The third-order valence-corrected chi connectivity index (χ3v) is 6.52. The highest BCUT2D eigenvalue weighted by Gasteiger charge is 2.18. The van der Waals surface area contributed by atoms with Crippen LogP contribution in [0.1, 0.15) is 0 Å². The molecule has 0 aliphatic heterocycles. The molecule has 0 radical (unpaired) electrons. The van der Waals surface area contributed by atoms with E-state index < -0.39 is 10.0 Å². The van der Waals surface area contributed by atoms with Gasteiger partial charge in [0.2, 0.25) is 0 Å². The van der Waals surface area contributed by atoms with E-state index in [2.05, 4.69) is 24.4 Å². The molecular formula is C23H17N5O5S. The number of hydrogen-bond acceptors (Lipinski definition) is 8. The molecule has 0 bridgehead atoms. The van der Waals surface area contributed by atoms with Crippen LogP contribution in [0.3, 0.4) is 0 Å². The van der Waals surface area contributed by atoms with Gasteiger partial charge in [0.1, 0.15) is 18.3 Å². The number of anilines is 1. The van der Waals surface area contributed by atoms with Gasteiger partial charge >= 0.3 is 0 Å². The van der Waals surface area contributed by atoms with E-state index in [1.807, 2.05) is 6.07 Å². The van der Waals surface area contributed by atoms with Gasteiger partial charge in [0.25, 0.3) is 15.6 Å². The van der Waals surface area contributed by atoms with Crippen LogP contribution in [-0.2, 0) is 10.0 Å². The summed E-state index contributed by atoms with van der Waals surface area (Å²) < 4.78 is 39.6. The average molecular weight is 475 g/mol. The maximum atomic E-state index is 13.0. The zero-order chi connectivity index (χ0) is 23.7. The van der Waals surface area contributed by atoms with Crippen LogP contribution < -0.4 is 15.0 Å². The number of benzene rings is 2.